The fraction of sp³-hybridized carbons (Fsp3) is 0.588. The van der Waals surface area contributed by atoms with Crippen molar-refractivity contribution in [3.8, 4) is 0 Å². The Balaban J connectivity index is 1.46. The van der Waals surface area contributed by atoms with E-state index in [-0.39, 0.29) is 22.6 Å². The molecule has 0 spiro atoms. The number of carbonyl (C=O) groups is 2. The second-order valence-corrected chi connectivity index (χ2v) is 7.30. The quantitative estimate of drug-likeness (QED) is 0.640. The number of piperidine rings is 1. The van der Waals surface area contributed by atoms with Crippen molar-refractivity contribution in [2.45, 2.75) is 38.1 Å². The van der Waals surface area contributed by atoms with Crippen molar-refractivity contribution >= 4 is 40.7 Å². The van der Waals surface area contributed by atoms with Crippen LogP contribution in [0.15, 0.2) is 12.1 Å². The van der Waals surface area contributed by atoms with Gasteiger partial charge in [-0.1, -0.05) is 23.2 Å². The van der Waals surface area contributed by atoms with Crippen LogP contribution >= 0.6 is 23.2 Å². The molecule has 0 atom stereocenters. The molecule has 3 heterocycles. The van der Waals surface area contributed by atoms with Crippen LogP contribution in [0.25, 0.3) is 0 Å². The fourth-order valence-corrected chi connectivity index (χ4v) is 3.93. The predicted octanol–water partition coefficient (Wildman–Crippen LogP) is 2.80. The molecule has 2 amide bonds. The number of amides is 2. The Morgan fingerprint density at radius 2 is 1.80 bits per heavy atom. The Hall–Kier alpha value is -1.37. The van der Waals surface area contributed by atoms with Gasteiger partial charge in [-0.3, -0.25) is 9.59 Å². The van der Waals surface area contributed by atoms with Gasteiger partial charge in [-0.15, -0.1) is 0 Å². The van der Waals surface area contributed by atoms with Gasteiger partial charge in [0.2, 0.25) is 11.8 Å². The molecular weight excluding hydrogens is 363 g/mol. The summed E-state index contributed by atoms with van der Waals surface area (Å²) in [7, 11) is 0. The zero-order valence-electron chi connectivity index (χ0n) is 14.0. The van der Waals surface area contributed by atoms with Gasteiger partial charge < -0.3 is 15.1 Å². The van der Waals surface area contributed by atoms with Gasteiger partial charge in [0, 0.05) is 19.1 Å². The van der Waals surface area contributed by atoms with Crippen LogP contribution in [-0.2, 0) is 9.59 Å². The molecule has 2 fully saturated rings. The van der Waals surface area contributed by atoms with E-state index < -0.39 is 5.91 Å². The monoisotopic (exact) mass is 384 g/mol. The van der Waals surface area contributed by atoms with Crippen LogP contribution in [0.3, 0.4) is 0 Å². The maximum Gasteiger partial charge on any atom is 0.233 e. The highest BCUT2D eigenvalue weighted by Crippen LogP contribution is 2.23. The number of anilines is 1. The summed E-state index contributed by atoms with van der Waals surface area (Å²) in [6.07, 6.45) is 4.34. The molecule has 0 aliphatic carbocycles. The number of nitrogens with zero attached hydrogens (tertiary/aromatic N) is 3. The molecular formula is C17H22Cl2N4O2. The van der Waals surface area contributed by atoms with E-state index in [4.69, 9.17) is 23.2 Å². The third-order valence-corrected chi connectivity index (χ3v) is 5.37. The summed E-state index contributed by atoms with van der Waals surface area (Å²) in [6, 6.07) is 3.69. The highest BCUT2D eigenvalue weighted by molar-refractivity contribution is 6.34. The molecule has 2 saturated heterocycles. The van der Waals surface area contributed by atoms with E-state index in [2.05, 4.69) is 15.2 Å². The molecule has 1 aromatic heterocycles. The minimum absolute atomic E-state index is 0.111. The Morgan fingerprint density at radius 1 is 1.12 bits per heavy atom. The van der Waals surface area contributed by atoms with E-state index in [9.17, 15) is 9.59 Å². The summed E-state index contributed by atoms with van der Waals surface area (Å²) in [5.41, 5.74) is 0.358. The minimum Gasteiger partial charge on any atom is -0.342 e. The standard InChI is InChI=1S/C17H22Cl2N4O2/c18-14-4-3-13(17(19)21-14)20-15(24)11-16(25)23-9-5-12(6-10-23)22-7-1-2-8-22/h3-4,12H,1-2,5-11H2,(H,20,24). The summed E-state index contributed by atoms with van der Waals surface area (Å²) < 4.78 is 0. The molecule has 0 aromatic carbocycles. The topological polar surface area (TPSA) is 65.5 Å². The fourth-order valence-electron chi connectivity index (χ4n) is 3.54. The van der Waals surface area contributed by atoms with Crippen LogP contribution in [0.4, 0.5) is 5.69 Å². The second-order valence-electron chi connectivity index (χ2n) is 6.55. The van der Waals surface area contributed by atoms with Gasteiger partial charge in [-0.2, -0.15) is 0 Å². The largest absolute Gasteiger partial charge is 0.342 e. The molecule has 1 aromatic rings. The smallest absolute Gasteiger partial charge is 0.233 e. The van der Waals surface area contributed by atoms with Crippen molar-refractivity contribution in [2.24, 2.45) is 0 Å². The first-order chi connectivity index (χ1) is 12.0. The number of likely N-dealkylation sites (tertiary alicyclic amines) is 2. The summed E-state index contributed by atoms with van der Waals surface area (Å²) in [5, 5.41) is 2.97. The maximum atomic E-state index is 12.3. The Kier molecular flexibility index (Phi) is 6.15. The number of halogens is 2. The lowest BCUT2D eigenvalue weighted by molar-refractivity contribution is -0.135. The van der Waals surface area contributed by atoms with Gasteiger partial charge in [0.1, 0.15) is 11.6 Å². The van der Waals surface area contributed by atoms with E-state index in [0.717, 1.165) is 25.9 Å². The van der Waals surface area contributed by atoms with Crippen LogP contribution in [0.5, 0.6) is 0 Å². The summed E-state index contributed by atoms with van der Waals surface area (Å²) in [6.45, 7) is 3.79. The Bertz CT molecular complexity index is 642. The number of hydrogen-bond acceptors (Lipinski definition) is 4. The molecule has 6 nitrogen and oxygen atoms in total. The summed E-state index contributed by atoms with van der Waals surface area (Å²) >= 11 is 11.7. The van der Waals surface area contributed by atoms with Crippen molar-refractivity contribution < 1.29 is 9.59 Å². The lowest BCUT2D eigenvalue weighted by Gasteiger charge is -2.36. The number of hydrogen-bond donors (Lipinski definition) is 1. The number of rotatable bonds is 4. The van der Waals surface area contributed by atoms with Gasteiger partial charge >= 0.3 is 0 Å². The Morgan fingerprint density at radius 3 is 2.44 bits per heavy atom. The van der Waals surface area contributed by atoms with E-state index in [0.29, 0.717) is 11.7 Å². The highest BCUT2D eigenvalue weighted by atomic mass is 35.5. The normalized spacial score (nSPS) is 19.2. The maximum absolute atomic E-state index is 12.3. The zero-order chi connectivity index (χ0) is 17.8. The van der Waals surface area contributed by atoms with Gasteiger partial charge in [-0.05, 0) is 50.9 Å². The molecule has 0 radical (unpaired) electrons. The molecule has 1 N–H and O–H groups in total. The lowest BCUT2D eigenvalue weighted by atomic mass is 10.0. The van der Waals surface area contributed by atoms with E-state index in [1.54, 1.807) is 11.0 Å². The summed E-state index contributed by atoms with van der Waals surface area (Å²) in [5.74, 6) is -0.534. The van der Waals surface area contributed by atoms with Gasteiger partial charge in [0.05, 0.1) is 5.69 Å². The first-order valence-electron chi connectivity index (χ1n) is 8.66. The van der Waals surface area contributed by atoms with Crippen molar-refractivity contribution in [3.05, 3.63) is 22.4 Å². The van der Waals surface area contributed by atoms with Crippen LogP contribution in [0.1, 0.15) is 32.1 Å². The molecule has 3 rings (SSSR count). The van der Waals surface area contributed by atoms with Crippen molar-refractivity contribution in [1.82, 2.24) is 14.8 Å². The lowest BCUT2D eigenvalue weighted by Crippen LogP contribution is -2.46. The molecule has 0 bridgehead atoms. The first-order valence-corrected chi connectivity index (χ1v) is 9.42. The van der Waals surface area contributed by atoms with Gasteiger partial charge in [0.25, 0.3) is 0 Å². The first kappa shape index (κ1) is 18.4. The molecule has 136 valence electrons. The SMILES string of the molecule is O=C(CC(=O)N1CCC(N2CCCC2)CC1)Nc1ccc(Cl)nc1Cl. The molecule has 2 aliphatic heterocycles. The van der Waals surface area contributed by atoms with Crippen LogP contribution in [-0.4, -0.2) is 58.8 Å². The highest BCUT2D eigenvalue weighted by Gasteiger charge is 2.28. The number of pyridine rings is 1. The number of nitrogens with one attached hydrogen (secondary N) is 1. The van der Waals surface area contributed by atoms with E-state index in [1.807, 2.05) is 0 Å². The third kappa shape index (κ3) is 4.84. The van der Waals surface area contributed by atoms with E-state index >= 15 is 0 Å². The van der Waals surface area contributed by atoms with Crippen LogP contribution in [0.2, 0.25) is 10.3 Å². The molecule has 0 unspecified atom stereocenters. The molecule has 25 heavy (non-hydrogen) atoms. The third-order valence-electron chi connectivity index (χ3n) is 4.87. The van der Waals surface area contributed by atoms with Gasteiger partial charge in [0.15, 0.2) is 5.15 Å². The van der Waals surface area contributed by atoms with Crippen LogP contribution in [0, 0.1) is 0 Å². The molecule has 0 saturated carbocycles. The van der Waals surface area contributed by atoms with Crippen molar-refractivity contribution in [1.29, 1.82) is 0 Å². The summed E-state index contributed by atoms with van der Waals surface area (Å²) in [4.78, 5) is 32.6. The predicted molar refractivity (Wildman–Crippen MR) is 97.9 cm³/mol. The molecule has 2 aliphatic rings. The van der Waals surface area contributed by atoms with Crippen LogP contribution < -0.4 is 5.32 Å². The van der Waals surface area contributed by atoms with E-state index in [1.165, 1.54) is 32.0 Å². The average molecular weight is 385 g/mol. The number of aromatic nitrogens is 1. The second kappa shape index (κ2) is 8.34. The van der Waals surface area contributed by atoms with Gasteiger partial charge in [-0.25, -0.2) is 4.98 Å². The minimum atomic E-state index is -0.391. The Labute approximate surface area is 157 Å². The average Bonchev–Trinajstić information content (AvgIpc) is 3.12. The molecule has 8 heteroatoms. The zero-order valence-corrected chi connectivity index (χ0v) is 15.5. The number of carbonyl (C=O) groups excluding carboxylic acids is 2. The van der Waals surface area contributed by atoms with Crippen molar-refractivity contribution in [3.63, 3.8) is 0 Å². The van der Waals surface area contributed by atoms with Crippen molar-refractivity contribution in [2.75, 3.05) is 31.5 Å².